The van der Waals surface area contributed by atoms with Gasteiger partial charge in [0.05, 0.1) is 5.56 Å². The molecule has 0 spiro atoms. The Labute approximate surface area is 95.6 Å². The van der Waals surface area contributed by atoms with Crippen molar-refractivity contribution in [3.05, 3.63) is 33.8 Å². The summed E-state index contributed by atoms with van der Waals surface area (Å²) in [5, 5.41) is 0. The van der Waals surface area contributed by atoms with Crippen LogP contribution in [-0.4, -0.2) is 17.9 Å². The van der Waals surface area contributed by atoms with Gasteiger partial charge in [-0.1, -0.05) is 12.1 Å². The number of rotatable bonds is 1. The molecular weight excluding hydrogens is 260 g/mol. The van der Waals surface area contributed by atoms with Crippen molar-refractivity contribution in [3.63, 3.8) is 0 Å². The Morgan fingerprint density at radius 2 is 2.27 bits per heavy atom. The van der Waals surface area contributed by atoms with Crippen LogP contribution in [0.2, 0.25) is 0 Å². The monoisotopic (exact) mass is 268 g/mol. The van der Waals surface area contributed by atoms with E-state index in [0.29, 0.717) is 22.7 Å². The molecule has 0 aliphatic carbocycles. The standard InChI is InChI=1S/C11H9BrO3/c1-11(6-13)5-7-3-2-4-8(12)9(7)10(14)15-11/h2-4,6H,5H2,1H3. The molecule has 1 aliphatic heterocycles. The maximum atomic E-state index is 11.7. The summed E-state index contributed by atoms with van der Waals surface area (Å²) >= 11 is 3.29. The highest BCUT2D eigenvalue weighted by molar-refractivity contribution is 9.10. The Kier molecular flexibility index (Phi) is 2.38. The summed E-state index contributed by atoms with van der Waals surface area (Å²) in [7, 11) is 0. The van der Waals surface area contributed by atoms with Gasteiger partial charge in [0.1, 0.15) is 0 Å². The summed E-state index contributed by atoms with van der Waals surface area (Å²) in [5.74, 6) is -0.446. The Morgan fingerprint density at radius 1 is 1.53 bits per heavy atom. The number of halogens is 1. The van der Waals surface area contributed by atoms with E-state index in [1.54, 1.807) is 13.0 Å². The van der Waals surface area contributed by atoms with Crippen molar-refractivity contribution in [2.24, 2.45) is 0 Å². The summed E-state index contributed by atoms with van der Waals surface area (Å²) in [6.45, 7) is 1.61. The third-order valence-electron chi connectivity index (χ3n) is 2.42. The normalized spacial score (nSPS) is 24.3. The van der Waals surface area contributed by atoms with Crippen LogP contribution in [0.15, 0.2) is 22.7 Å². The maximum Gasteiger partial charge on any atom is 0.340 e. The molecule has 15 heavy (non-hydrogen) atoms. The summed E-state index contributed by atoms with van der Waals surface area (Å²) in [5.41, 5.74) is 0.345. The Bertz CT molecular complexity index is 441. The molecule has 0 aromatic heterocycles. The van der Waals surface area contributed by atoms with E-state index >= 15 is 0 Å². The zero-order valence-electron chi connectivity index (χ0n) is 8.12. The molecular formula is C11H9BrO3. The summed E-state index contributed by atoms with van der Waals surface area (Å²) in [4.78, 5) is 22.5. The molecule has 0 radical (unpaired) electrons. The van der Waals surface area contributed by atoms with Gasteiger partial charge in [0.2, 0.25) is 0 Å². The van der Waals surface area contributed by atoms with Crippen LogP contribution in [0.25, 0.3) is 0 Å². The van der Waals surface area contributed by atoms with Crippen molar-refractivity contribution < 1.29 is 14.3 Å². The fourth-order valence-corrected chi connectivity index (χ4v) is 2.26. The van der Waals surface area contributed by atoms with Crippen LogP contribution in [0.5, 0.6) is 0 Å². The highest BCUT2D eigenvalue weighted by atomic mass is 79.9. The Hall–Kier alpha value is -1.16. The quantitative estimate of drug-likeness (QED) is 0.579. The molecule has 0 N–H and O–H groups in total. The molecule has 78 valence electrons. The van der Waals surface area contributed by atoms with E-state index < -0.39 is 11.6 Å². The molecule has 1 atom stereocenters. The van der Waals surface area contributed by atoms with E-state index in [1.807, 2.05) is 12.1 Å². The van der Waals surface area contributed by atoms with Crippen LogP contribution in [0.3, 0.4) is 0 Å². The molecule has 4 heteroatoms. The predicted molar refractivity (Wildman–Crippen MR) is 57.7 cm³/mol. The summed E-state index contributed by atoms with van der Waals surface area (Å²) in [6.07, 6.45) is 1.10. The molecule has 0 fully saturated rings. The van der Waals surface area contributed by atoms with Gasteiger partial charge in [-0.05, 0) is 34.5 Å². The zero-order chi connectivity index (χ0) is 11.1. The van der Waals surface area contributed by atoms with Gasteiger partial charge in [-0.3, -0.25) is 4.79 Å². The Balaban J connectivity index is 2.54. The van der Waals surface area contributed by atoms with Crippen molar-refractivity contribution in [1.82, 2.24) is 0 Å². The van der Waals surface area contributed by atoms with Gasteiger partial charge in [-0.25, -0.2) is 4.79 Å². The second-order valence-corrected chi connectivity index (χ2v) is 4.63. The van der Waals surface area contributed by atoms with E-state index in [-0.39, 0.29) is 0 Å². The van der Waals surface area contributed by atoms with E-state index in [1.165, 1.54) is 0 Å². The van der Waals surface area contributed by atoms with E-state index in [0.717, 1.165) is 5.56 Å². The highest BCUT2D eigenvalue weighted by Gasteiger charge is 2.36. The number of carbonyl (C=O) groups is 2. The van der Waals surface area contributed by atoms with Crippen LogP contribution < -0.4 is 0 Å². The molecule has 3 nitrogen and oxygen atoms in total. The lowest BCUT2D eigenvalue weighted by Crippen LogP contribution is -2.40. The third-order valence-corrected chi connectivity index (χ3v) is 3.08. The Morgan fingerprint density at radius 3 is 2.93 bits per heavy atom. The number of aldehydes is 1. The second-order valence-electron chi connectivity index (χ2n) is 3.77. The van der Waals surface area contributed by atoms with Crippen molar-refractivity contribution in [3.8, 4) is 0 Å². The van der Waals surface area contributed by atoms with E-state index in [9.17, 15) is 9.59 Å². The van der Waals surface area contributed by atoms with Crippen LogP contribution in [-0.2, 0) is 16.0 Å². The second kappa shape index (κ2) is 3.45. The van der Waals surface area contributed by atoms with Crippen molar-refractivity contribution in [1.29, 1.82) is 0 Å². The number of carbonyl (C=O) groups excluding carboxylic acids is 2. The maximum absolute atomic E-state index is 11.7. The minimum atomic E-state index is -1.02. The first kappa shape index (κ1) is 10.4. The lowest BCUT2D eigenvalue weighted by Gasteiger charge is -2.29. The molecule has 1 aromatic rings. The molecule has 0 bridgehead atoms. The van der Waals surface area contributed by atoms with Crippen molar-refractivity contribution in [2.75, 3.05) is 0 Å². The van der Waals surface area contributed by atoms with E-state index in [2.05, 4.69) is 15.9 Å². The SMILES string of the molecule is CC1(C=O)Cc2cccc(Br)c2C(=O)O1. The number of hydrogen-bond donors (Lipinski definition) is 0. The first-order chi connectivity index (χ1) is 7.06. The number of benzene rings is 1. The number of ether oxygens (including phenoxy) is 1. The van der Waals surface area contributed by atoms with Gasteiger partial charge in [-0.15, -0.1) is 0 Å². The molecule has 2 rings (SSSR count). The number of hydrogen-bond acceptors (Lipinski definition) is 3. The van der Waals surface area contributed by atoms with Crippen LogP contribution in [0.1, 0.15) is 22.8 Å². The van der Waals surface area contributed by atoms with Gasteiger partial charge in [0.15, 0.2) is 11.9 Å². The van der Waals surface area contributed by atoms with Crippen LogP contribution >= 0.6 is 15.9 Å². The summed E-state index contributed by atoms with van der Waals surface area (Å²) < 4.78 is 5.80. The van der Waals surface area contributed by atoms with Gasteiger partial charge in [0.25, 0.3) is 0 Å². The average Bonchev–Trinajstić information content (AvgIpc) is 2.17. The zero-order valence-corrected chi connectivity index (χ0v) is 9.71. The fourth-order valence-electron chi connectivity index (χ4n) is 1.69. The molecule has 1 aliphatic rings. The highest BCUT2D eigenvalue weighted by Crippen LogP contribution is 2.31. The summed E-state index contributed by atoms with van der Waals surface area (Å²) in [6, 6.07) is 5.46. The average molecular weight is 269 g/mol. The predicted octanol–water partition coefficient (Wildman–Crippen LogP) is 2.12. The third kappa shape index (κ3) is 1.69. The molecule has 1 aromatic carbocycles. The minimum absolute atomic E-state index is 0.428. The molecule has 0 saturated carbocycles. The van der Waals surface area contributed by atoms with Crippen LogP contribution in [0, 0.1) is 0 Å². The van der Waals surface area contributed by atoms with Gasteiger partial charge in [-0.2, -0.15) is 0 Å². The smallest absolute Gasteiger partial charge is 0.340 e. The van der Waals surface area contributed by atoms with Crippen molar-refractivity contribution in [2.45, 2.75) is 18.9 Å². The van der Waals surface area contributed by atoms with Crippen LogP contribution in [0.4, 0.5) is 0 Å². The largest absolute Gasteiger partial charge is 0.448 e. The lowest BCUT2D eigenvalue weighted by atomic mass is 9.91. The van der Waals surface area contributed by atoms with Gasteiger partial charge >= 0.3 is 5.97 Å². The number of fused-ring (bicyclic) bond motifs is 1. The molecule has 0 amide bonds. The molecule has 1 heterocycles. The molecule has 0 saturated heterocycles. The van der Waals surface area contributed by atoms with Gasteiger partial charge < -0.3 is 4.74 Å². The van der Waals surface area contributed by atoms with Crippen molar-refractivity contribution >= 4 is 28.2 Å². The first-order valence-corrected chi connectivity index (χ1v) is 5.32. The number of esters is 1. The van der Waals surface area contributed by atoms with E-state index in [4.69, 9.17) is 4.74 Å². The molecule has 1 unspecified atom stereocenters. The topological polar surface area (TPSA) is 43.4 Å². The lowest BCUT2D eigenvalue weighted by molar-refractivity contribution is -0.124. The number of cyclic esters (lactones) is 1. The fraction of sp³-hybridized carbons (Fsp3) is 0.273. The minimum Gasteiger partial charge on any atom is -0.448 e. The van der Waals surface area contributed by atoms with Gasteiger partial charge in [0, 0.05) is 10.9 Å². The first-order valence-electron chi connectivity index (χ1n) is 4.53.